The van der Waals surface area contributed by atoms with Gasteiger partial charge in [0.1, 0.15) is 11.9 Å². The second kappa shape index (κ2) is 4.82. The van der Waals surface area contributed by atoms with Crippen LogP contribution in [0, 0.1) is 5.82 Å². The van der Waals surface area contributed by atoms with Crippen LogP contribution in [0.3, 0.4) is 0 Å². The fourth-order valence-electron chi connectivity index (χ4n) is 3.39. The second-order valence-electron chi connectivity index (χ2n) is 5.75. The summed E-state index contributed by atoms with van der Waals surface area (Å²) in [5.74, 6) is -0.403. The zero-order chi connectivity index (χ0) is 14.3. The van der Waals surface area contributed by atoms with Crippen molar-refractivity contribution in [2.75, 3.05) is 25.2 Å². The highest BCUT2D eigenvalue weighted by Gasteiger charge is 2.50. The highest BCUT2D eigenvalue weighted by atomic mass is 19.1. The number of benzene rings is 1. The van der Waals surface area contributed by atoms with E-state index in [0.29, 0.717) is 17.8 Å². The first kappa shape index (κ1) is 13.5. The molecule has 0 aromatic heterocycles. The van der Waals surface area contributed by atoms with Gasteiger partial charge in [-0.05, 0) is 25.0 Å². The lowest BCUT2D eigenvalue weighted by molar-refractivity contribution is -0.121. The lowest BCUT2D eigenvalue weighted by Crippen LogP contribution is -2.49. The van der Waals surface area contributed by atoms with E-state index in [2.05, 4.69) is 0 Å². The van der Waals surface area contributed by atoms with Crippen molar-refractivity contribution in [2.45, 2.75) is 30.7 Å². The minimum atomic E-state index is -0.702. The SMILES string of the molecule is COCC(N)C(=O)N1CC2(CCC2)c2c(F)cccc21. The fourth-order valence-corrected chi connectivity index (χ4v) is 3.39. The Morgan fingerprint density at radius 3 is 2.90 bits per heavy atom. The summed E-state index contributed by atoms with van der Waals surface area (Å²) in [6.45, 7) is 0.715. The van der Waals surface area contributed by atoms with Gasteiger partial charge in [0.05, 0.1) is 12.3 Å². The quantitative estimate of drug-likeness (QED) is 0.913. The molecular formula is C15H19FN2O2. The van der Waals surface area contributed by atoms with Gasteiger partial charge in [-0.2, -0.15) is 0 Å². The first-order chi connectivity index (χ1) is 9.59. The maximum atomic E-state index is 14.2. The molecule has 108 valence electrons. The molecule has 1 aromatic rings. The molecule has 1 heterocycles. The molecule has 0 saturated heterocycles. The fraction of sp³-hybridized carbons (Fsp3) is 0.533. The number of carbonyl (C=O) groups excluding carboxylic acids is 1. The smallest absolute Gasteiger partial charge is 0.246 e. The number of hydrogen-bond acceptors (Lipinski definition) is 3. The molecule has 0 radical (unpaired) electrons. The number of methoxy groups -OCH3 is 1. The number of hydrogen-bond donors (Lipinski definition) is 1. The highest BCUT2D eigenvalue weighted by molar-refractivity contribution is 5.99. The van der Waals surface area contributed by atoms with Crippen LogP contribution >= 0.6 is 0 Å². The number of nitrogens with two attached hydrogens (primary N) is 1. The first-order valence-corrected chi connectivity index (χ1v) is 6.94. The minimum Gasteiger partial charge on any atom is -0.383 e. The molecule has 2 N–H and O–H groups in total. The molecule has 1 aliphatic carbocycles. The zero-order valence-corrected chi connectivity index (χ0v) is 11.6. The van der Waals surface area contributed by atoms with Gasteiger partial charge in [-0.1, -0.05) is 12.5 Å². The highest BCUT2D eigenvalue weighted by Crippen LogP contribution is 2.53. The topological polar surface area (TPSA) is 55.6 Å². The number of carbonyl (C=O) groups is 1. The third kappa shape index (κ3) is 1.84. The van der Waals surface area contributed by atoms with Gasteiger partial charge in [0.15, 0.2) is 0 Å². The number of fused-ring (bicyclic) bond motifs is 2. The average molecular weight is 278 g/mol. The van der Waals surface area contributed by atoms with E-state index >= 15 is 0 Å². The van der Waals surface area contributed by atoms with E-state index in [1.807, 2.05) is 6.07 Å². The number of nitrogens with zero attached hydrogens (tertiary/aromatic N) is 1. The molecule has 1 amide bonds. The number of ether oxygens (including phenoxy) is 1. The van der Waals surface area contributed by atoms with Crippen molar-refractivity contribution in [1.82, 2.24) is 0 Å². The van der Waals surface area contributed by atoms with Crippen LogP contribution in [0.5, 0.6) is 0 Å². The maximum absolute atomic E-state index is 14.2. The third-order valence-corrected chi connectivity index (χ3v) is 4.51. The van der Waals surface area contributed by atoms with Gasteiger partial charge in [0, 0.05) is 24.6 Å². The molecule has 3 rings (SSSR count). The Kier molecular flexibility index (Phi) is 3.26. The van der Waals surface area contributed by atoms with Gasteiger partial charge in [-0.15, -0.1) is 0 Å². The van der Waals surface area contributed by atoms with E-state index in [9.17, 15) is 9.18 Å². The predicted molar refractivity (Wildman–Crippen MR) is 74.1 cm³/mol. The molecular weight excluding hydrogens is 259 g/mol. The van der Waals surface area contributed by atoms with Crippen molar-refractivity contribution < 1.29 is 13.9 Å². The number of anilines is 1. The van der Waals surface area contributed by atoms with Crippen LogP contribution in [0.15, 0.2) is 18.2 Å². The number of amides is 1. The van der Waals surface area contributed by atoms with Gasteiger partial charge < -0.3 is 15.4 Å². The molecule has 4 nitrogen and oxygen atoms in total. The Morgan fingerprint density at radius 1 is 1.55 bits per heavy atom. The van der Waals surface area contributed by atoms with Crippen LogP contribution < -0.4 is 10.6 Å². The average Bonchev–Trinajstić information content (AvgIpc) is 2.75. The van der Waals surface area contributed by atoms with Crippen molar-refractivity contribution in [3.63, 3.8) is 0 Å². The molecule has 1 atom stereocenters. The van der Waals surface area contributed by atoms with Gasteiger partial charge in [-0.25, -0.2) is 4.39 Å². The van der Waals surface area contributed by atoms with Crippen LogP contribution in [0.4, 0.5) is 10.1 Å². The van der Waals surface area contributed by atoms with E-state index in [0.717, 1.165) is 19.3 Å². The van der Waals surface area contributed by atoms with Crippen LogP contribution in [0.2, 0.25) is 0 Å². The van der Waals surface area contributed by atoms with Crippen LogP contribution in [-0.2, 0) is 14.9 Å². The predicted octanol–water partition coefficient (Wildman–Crippen LogP) is 1.57. The molecule has 1 saturated carbocycles. The Hall–Kier alpha value is -1.46. The molecule has 20 heavy (non-hydrogen) atoms. The molecule has 2 aliphatic rings. The van der Waals surface area contributed by atoms with Crippen molar-refractivity contribution in [1.29, 1.82) is 0 Å². The van der Waals surface area contributed by atoms with Crippen molar-refractivity contribution in [3.05, 3.63) is 29.6 Å². The maximum Gasteiger partial charge on any atom is 0.246 e. The van der Waals surface area contributed by atoms with E-state index in [1.165, 1.54) is 13.2 Å². The molecule has 0 bridgehead atoms. The molecule has 1 unspecified atom stereocenters. The molecule has 1 aromatic carbocycles. The summed E-state index contributed by atoms with van der Waals surface area (Å²) in [6.07, 6.45) is 2.95. The van der Waals surface area contributed by atoms with E-state index in [4.69, 9.17) is 10.5 Å². The van der Waals surface area contributed by atoms with Gasteiger partial charge >= 0.3 is 0 Å². The van der Waals surface area contributed by atoms with E-state index in [1.54, 1.807) is 11.0 Å². The summed E-state index contributed by atoms with van der Waals surface area (Å²) in [5.41, 5.74) is 7.03. The summed E-state index contributed by atoms with van der Waals surface area (Å²) < 4.78 is 19.1. The largest absolute Gasteiger partial charge is 0.383 e. The number of rotatable bonds is 3. The summed E-state index contributed by atoms with van der Waals surface area (Å²) in [7, 11) is 1.51. The normalized spacial score (nSPS) is 20.6. The summed E-state index contributed by atoms with van der Waals surface area (Å²) in [6, 6.07) is 4.23. The van der Waals surface area contributed by atoms with Crippen molar-refractivity contribution in [3.8, 4) is 0 Å². The number of halogens is 1. The Balaban J connectivity index is 1.97. The van der Waals surface area contributed by atoms with Crippen LogP contribution in [0.25, 0.3) is 0 Å². The molecule has 1 aliphatic heterocycles. The van der Waals surface area contributed by atoms with E-state index < -0.39 is 6.04 Å². The van der Waals surface area contributed by atoms with Crippen molar-refractivity contribution >= 4 is 11.6 Å². The summed E-state index contributed by atoms with van der Waals surface area (Å²) in [4.78, 5) is 14.1. The van der Waals surface area contributed by atoms with Crippen LogP contribution in [-0.4, -0.2) is 32.2 Å². The zero-order valence-electron chi connectivity index (χ0n) is 11.6. The molecule has 5 heteroatoms. The summed E-state index contributed by atoms with van der Waals surface area (Å²) in [5, 5.41) is 0. The van der Waals surface area contributed by atoms with Gasteiger partial charge in [0.25, 0.3) is 0 Å². The second-order valence-corrected chi connectivity index (χ2v) is 5.75. The Bertz CT molecular complexity index is 543. The lowest BCUT2D eigenvalue weighted by Gasteiger charge is -2.39. The molecule has 1 spiro atoms. The standard InChI is InChI=1S/C15H19FN2O2/c1-20-8-11(17)14(19)18-9-15(6-3-7-15)13-10(16)4-2-5-12(13)18/h2,4-5,11H,3,6-9,17H2,1H3. The van der Waals surface area contributed by atoms with E-state index in [-0.39, 0.29) is 23.7 Å². The molecule has 1 fully saturated rings. The minimum absolute atomic E-state index is 0.174. The first-order valence-electron chi connectivity index (χ1n) is 6.94. The summed E-state index contributed by atoms with van der Waals surface area (Å²) >= 11 is 0. The van der Waals surface area contributed by atoms with Gasteiger partial charge in [-0.3, -0.25) is 4.79 Å². The lowest BCUT2D eigenvalue weighted by atomic mass is 9.65. The van der Waals surface area contributed by atoms with Gasteiger partial charge in [0.2, 0.25) is 5.91 Å². The third-order valence-electron chi connectivity index (χ3n) is 4.51. The van der Waals surface area contributed by atoms with Crippen LogP contribution in [0.1, 0.15) is 24.8 Å². The monoisotopic (exact) mass is 278 g/mol. The Labute approximate surface area is 117 Å². The Morgan fingerprint density at radius 2 is 2.30 bits per heavy atom. The van der Waals surface area contributed by atoms with Crippen molar-refractivity contribution in [2.24, 2.45) is 5.73 Å².